The first kappa shape index (κ1) is 13.7. The number of hydrogen-bond donors (Lipinski definition) is 0. The Morgan fingerprint density at radius 2 is 1.86 bits per heavy atom. The van der Waals surface area contributed by atoms with Crippen molar-refractivity contribution >= 4 is 17.4 Å². The maximum atomic E-state index is 6.10. The van der Waals surface area contributed by atoms with E-state index in [1.165, 1.54) is 5.56 Å². The topological polar surface area (TPSA) is 9.23 Å². The fourth-order valence-corrected chi connectivity index (χ4v) is 2.91. The zero-order chi connectivity index (χ0) is 14.5. The summed E-state index contributed by atoms with van der Waals surface area (Å²) in [5, 5.41) is 4.22. The number of para-hydroxylation sites is 1. The van der Waals surface area contributed by atoms with Gasteiger partial charge in [0, 0.05) is 11.1 Å². The quantitative estimate of drug-likeness (QED) is 0.591. The summed E-state index contributed by atoms with van der Waals surface area (Å²) < 4.78 is 6.10. The number of rotatable bonds is 5. The van der Waals surface area contributed by atoms with E-state index in [0.717, 1.165) is 22.4 Å². The second-order valence-electron chi connectivity index (χ2n) is 4.71. The smallest absolute Gasteiger partial charge is 0.134 e. The highest BCUT2D eigenvalue weighted by Gasteiger charge is 2.10. The van der Waals surface area contributed by atoms with Crippen molar-refractivity contribution in [2.24, 2.45) is 0 Å². The lowest BCUT2D eigenvalue weighted by atomic mass is 10.0. The molecule has 0 aliphatic heterocycles. The maximum Gasteiger partial charge on any atom is 0.134 e. The minimum absolute atomic E-state index is 0.558. The molecule has 104 valence electrons. The van der Waals surface area contributed by atoms with Crippen LogP contribution in [0.4, 0.5) is 0 Å². The molecule has 0 bridgehead atoms. The number of thiophene rings is 1. The minimum Gasteiger partial charge on any atom is -0.488 e. The van der Waals surface area contributed by atoms with E-state index in [1.54, 1.807) is 11.3 Å². The summed E-state index contributed by atoms with van der Waals surface area (Å²) in [6, 6.07) is 18.5. The van der Waals surface area contributed by atoms with Crippen LogP contribution >= 0.6 is 11.3 Å². The van der Waals surface area contributed by atoms with Gasteiger partial charge >= 0.3 is 0 Å². The fraction of sp³-hybridized carbons (Fsp3) is 0.0526. The second kappa shape index (κ2) is 6.42. The molecule has 0 saturated heterocycles. The predicted molar refractivity (Wildman–Crippen MR) is 90.6 cm³/mol. The van der Waals surface area contributed by atoms with Crippen LogP contribution in [0.15, 0.2) is 71.9 Å². The molecule has 2 heteroatoms. The van der Waals surface area contributed by atoms with Crippen LogP contribution < -0.4 is 4.74 Å². The molecular formula is C19H16OS. The van der Waals surface area contributed by atoms with Crippen molar-refractivity contribution in [2.75, 3.05) is 0 Å². The molecule has 1 aromatic heterocycles. The van der Waals surface area contributed by atoms with Crippen LogP contribution in [0.5, 0.6) is 5.75 Å². The van der Waals surface area contributed by atoms with Crippen molar-refractivity contribution in [2.45, 2.75) is 6.61 Å². The Morgan fingerprint density at radius 1 is 1.00 bits per heavy atom. The van der Waals surface area contributed by atoms with Gasteiger partial charge in [0.2, 0.25) is 0 Å². The van der Waals surface area contributed by atoms with Crippen LogP contribution in [0.3, 0.4) is 0 Å². The molecule has 0 fully saturated rings. The summed E-state index contributed by atoms with van der Waals surface area (Å²) in [5.74, 6) is 0.898. The Labute approximate surface area is 129 Å². The van der Waals surface area contributed by atoms with E-state index in [9.17, 15) is 0 Å². The summed E-state index contributed by atoms with van der Waals surface area (Å²) >= 11 is 1.69. The van der Waals surface area contributed by atoms with Gasteiger partial charge in [-0.1, -0.05) is 61.2 Å². The van der Waals surface area contributed by atoms with E-state index in [2.05, 4.69) is 41.6 Å². The third-order valence-electron chi connectivity index (χ3n) is 3.32. The summed E-state index contributed by atoms with van der Waals surface area (Å²) in [6.07, 6.45) is 1.84. The summed E-state index contributed by atoms with van der Waals surface area (Å²) in [4.78, 5) is 0. The van der Waals surface area contributed by atoms with Gasteiger partial charge in [-0.2, -0.15) is 11.3 Å². The average molecular weight is 292 g/mol. The van der Waals surface area contributed by atoms with Crippen LogP contribution in [0.25, 0.3) is 17.2 Å². The van der Waals surface area contributed by atoms with E-state index in [4.69, 9.17) is 4.74 Å². The van der Waals surface area contributed by atoms with E-state index in [-0.39, 0.29) is 0 Å². The molecule has 1 nitrogen and oxygen atoms in total. The predicted octanol–water partition coefficient (Wildman–Crippen LogP) is 5.64. The molecule has 0 unspecified atom stereocenters. The summed E-state index contributed by atoms with van der Waals surface area (Å²) in [6.45, 7) is 4.45. The van der Waals surface area contributed by atoms with Crippen molar-refractivity contribution in [1.82, 2.24) is 0 Å². The van der Waals surface area contributed by atoms with Crippen LogP contribution in [0, 0.1) is 0 Å². The fourth-order valence-electron chi connectivity index (χ4n) is 2.25. The molecule has 0 spiro atoms. The number of hydrogen-bond acceptors (Lipinski definition) is 2. The zero-order valence-electron chi connectivity index (χ0n) is 11.7. The average Bonchev–Trinajstić information content (AvgIpc) is 3.08. The van der Waals surface area contributed by atoms with Gasteiger partial charge in [-0.15, -0.1) is 0 Å². The van der Waals surface area contributed by atoms with Crippen molar-refractivity contribution in [3.8, 4) is 16.9 Å². The molecule has 0 radical (unpaired) electrons. The Bertz CT molecular complexity index is 715. The Kier molecular flexibility index (Phi) is 4.17. The van der Waals surface area contributed by atoms with Crippen molar-refractivity contribution < 1.29 is 4.74 Å². The molecule has 0 atom stereocenters. The first-order chi connectivity index (χ1) is 10.4. The standard InChI is InChI=1S/C19H16OS/c1-2-16-9-6-10-18(17-11-12-21-14-17)19(16)20-13-15-7-4-3-5-8-15/h2-12,14H,1,13H2. The lowest BCUT2D eigenvalue weighted by Gasteiger charge is -2.14. The van der Waals surface area contributed by atoms with Gasteiger partial charge in [0.15, 0.2) is 0 Å². The lowest BCUT2D eigenvalue weighted by molar-refractivity contribution is 0.307. The second-order valence-corrected chi connectivity index (χ2v) is 5.49. The molecule has 1 heterocycles. The number of benzene rings is 2. The third-order valence-corrected chi connectivity index (χ3v) is 4.01. The van der Waals surface area contributed by atoms with E-state index >= 15 is 0 Å². The molecule has 3 aromatic rings. The van der Waals surface area contributed by atoms with E-state index in [1.807, 2.05) is 36.4 Å². The lowest BCUT2D eigenvalue weighted by Crippen LogP contribution is -1.98. The molecule has 0 aliphatic rings. The van der Waals surface area contributed by atoms with Crippen LogP contribution in [0.2, 0.25) is 0 Å². The van der Waals surface area contributed by atoms with Gasteiger partial charge in [0.05, 0.1) is 0 Å². The van der Waals surface area contributed by atoms with E-state index < -0.39 is 0 Å². The Morgan fingerprint density at radius 3 is 2.57 bits per heavy atom. The largest absolute Gasteiger partial charge is 0.488 e. The van der Waals surface area contributed by atoms with Crippen LogP contribution in [-0.4, -0.2) is 0 Å². The highest BCUT2D eigenvalue weighted by Crippen LogP contribution is 2.35. The number of ether oxygens (including phenoxy) is 1. The SMILES string of the molecule is C=Cc1cccc(-c2ccsc2)c1OCc1ccccc1. The Balaban J connectivity index is 1.94. The van der Waals surface area contributed by atoms with Crippen molar-refractivity contribution in [3.05, 3.63) is 83.1 Å². The molecule has 2 aromatic carbocycles. The monoisotopic (exact) mass is 292 g/mol. The van der Waals surface area contributed by atoms with Gasteiger partial charge in [-0.25, -0.2) is 0 Å². The van der Waals surface area contributed by atoms with Gasteiger partial charge in [0.25, 0.3) is 0 Å². The third kappa shape index (κ3) is 3.06. The molecule has 0 N–H and O–H groups in total. The molecule has 3 rings (SSSR count). The molecule has 21 heavy (non-hydrogen) atoms. The molecule has 0 saturated carbocycles. The Hall–Kier alpha value is -2.32. The van der Waals surface area contributed by atoms with E-state index in [0.29, 0.717) is 6.61 Å². The van der Waals surface area contributed by atoms with Gasteiger partial charge in [-0.3, -0.25) is 0 Å². The minimum atomic E-state index is 0.558. The van der Waals surface area contributed by atoms with Crippen LogP contribution in [-0.2, 0) is 6.61 Å². The molecule has 0 aliphatic carbocycles. The first-order valence-corrected chi connectivity index (χ1v) is 7.77. The summed E-state index contributed by atoms with van der Waals surface area (Å²) in [7, 11) is 0. The highest BCUT2D eigenvalue weighted by molar-refractivity contribution is 7.08. The molecular weight excluding hydrogens is 276 g/mol. The molecule has 0 amide bonds. The normalized spacial score (nSPS) is 10.3. The summed E-state index contributed by atoms with van der Waals surface area (Å²) in [5.41, 5.74) is 4.48. The van der Waals surface area contributed by atoms with Crippen LogP contribution in [0.1, 0.15) is 11.1 Å². The first-order valence-electron chi connectivity index (χ1n) is 6.83. The maximum absolute atomic E-state index is 6.10. The highest BCUT2D eigenvalue weighted by atomic mass is 32.1. The van der Waals surface area contributed by atoms with Crippen molar-refractivity contribution in [1.29, 1.82) is 0 Å². The van der Waals surface area contributed by atoms with Gasteiger partial charge in [0.1, 0.15) is 12.4 Å². The van der Waals surface area contributed by atoms with Gasteiger partial charge < -0.3 is 4.74 Å². The van der Waals surface area contributed by atoms with Gasteiger partial charge in [-0.05, 0) is 28.0 Å². The zero-order valence-corrected chi connectivity index (χ0v) is 12.5. The van der Waals surface area contributed by atoms with Crippen molar-refractivity contribution in [3.63, 3.8) is 0 Å².